The van der Waals surface area contributed by atoms with Crippen LogP contribution in [0.3, 0.4) is 0 Å². The maximum atomic E-state index is 11.7. The number of nitrogens with two attached hydrogens (primary N) is 1. The molecule has 1 heterocycles. The third-order valence-corrected chi connectivity index (χ3v) is 2.91. The van der Waals surface area contributed by atoms with Gasteiger partial charge in [-0.15, -0.1) is 11.3 Å². The average molecular weight is 228 g/mol. The largest absolute Gasteiger partial charge is 0.466 e. The summed E-state index contributed by atoms with van der Waals surface area (Å²) in [6, 6.07) is 0. The third kappa shape index (κ3) is 3.00. The summed E-state index contributed by atoms with van der Waals surface area (Å²) in [5.74, 6) is -0.250. The fraction of sp³-hybridized carbons (Fsp3) is 0.600. The molecular weight excluding hydrogens is 212 g/mol. The summed E-state index contributed by atoms with van der Waals surface area (Å²) >= 11 is 1.51. The number of thiazole rings is 1. The topological polar surface area (TPSA) is 65.2 Å². The number of hydrogen-bond acceptors (Lipinski definition) is 5. The number of carbonyl (C=O) groups is 1. The maximum absolute atomic E-state index is 11.7. The first-order valence-electron chi connectivity index (χ1n) is 4.86. The number of carbonyl (C=O) groups excluding carboxylic acids is 1. The Morgan fingerprint density at radius 1 is 1.73 bits per heavy atom. The predicted octanol–water partition coefficient (Wildman–Crippen LogP) is 1.21. The van der Waals surface area contributed by atoms with E-state index < -0.39 is 5.41 Å². The van der Waals surface area contributed by atoms with E-state index in [1.165, 1.54) is 11.3 Å². The fourth-order valence-corrected chi connectivity index (χ4v) is 1.82. The van der Waals surface area contributed by atoms with E-state index in [9.17, 15) is 4.79 Å². The molecule has 1 rings (SSSR count). The Labute approximate surface area is 93.5 Å². The van der Waals surface area contributed by atoms with Gasteiger partial charge in [-0.3, -0.25) is 4.79 Å². The molecule has 1 atom stereocenters. The van der Waals surface area contributed by atoms with E-state index in [1.807, 2.05) is 12.3 Å². The predicted molar refractivity (Wildman–Crippen MR) is 59.6 cm³/mol. The Bertz CT molecular complexity index is 313. The van der Waals surface area contributed by atoms with Crippen molar-refractivity contribution in [2.45, 2.75) is 20.3 Å². The molecule has 0 radical (unpaired) electrons. The van der Waals surface area contributed by atoms with E-state index in [2.05, 4.69) is 4.98 Å². The van der Waals surface area contributed by atoms with Crippen LogP contribution in [0.1, 0.15) is 19.5 Å². The quantitative estimate of drug-likeness (QED) is 0.769. The van der Waals surface area contributed by atoms with E-state index >= 15 is 0 Å². The van der Waals surface area contributed by atoms with Gasteiger partial charge in [0.25, 0.3) is 0 Å². The minimum atomic E-state index is -0.663. The molecule has 0 bridgehead atoms. The van der Waals surface area contributed by atoms with Gasteiger partial charge in [-0.2, -0.15) is 0 Å². The van der Waals surface area contributed by atoms with E-state index in [0.29, 0.717) is 13.0 Å². The zero-order valence-corrected chi connectivity index (χ0v) is 9.84. The lowest BCUT2D eigenvalue weighted by atomic mass is 9.86. The van der Waals surface area contributed by atoms with Gasteiger partial charge in [0.15, 0.2) is 0 Å². The van der Waals surface area contributed by atoms with Crippen LogP contribution < -0.4 is 5.73 Å². The van der Waals surface area contributed by atoms with Crippen LogP contribution in [0.15, 0.2) is 10.9 Å². The molecule has 2 N–H and O–H groups in total. The highest BCUT2D eigenvalue weighted by Gasteiger charge is 2.34. The van der Waals surface area contributed by atoms with Crippen LogP contribution in [-0.2, 0) is 16.0 Å². The van der Waals surface area contributed by atoms with Crippen molar-refractivity contribution in [2.24, 2.45) is 11.1 Å². The Kier molecular flexibility index (Phi) is 4.23. The van der Waals surface area contributed by atoms with Crippen LogP contribution in [0.25, 0.3) is 0 Å². The lowest BCUT2D eigenvalue weighted by molar-refractivity contribution is -0.153. The van der Waals surface area contributed by atoms with Crippen molar-refractivity contribution < 1.29 is 9.53 Å². The van der Waals surface area contributed by atoms with Crippen LogP contribution in [0, 0.1) is 5.41 Å². The molecule has 5 heteroatoms. The summed E-state index contributed by atoms with van der Waals surface area (Å²) in [5.41, 5.74) is 7.60. The minimum absolute atomic E-state index is 0.250. The second kappa shape index (κ2) is 5.23. The van der Waals surface area contributed by atoms with Gasteiger partial charge in [-0.25, -0.2) is 4.98 Å². The lowest BCUT2D eigenvalue weighted by Crippen LogP contribution is -2.39. The number of aromatic nitrogens is 1. The zero-order chi connectivity index (χ0) is 11.3. The number of nitrogens with zero attached hydrogens (tertiary/aromatic N) is 1. The Morgan fingerprint density at radius 2 is 2.47 bits per heavy atom. The lowest BCUT2D eigenvalue weighted by Gasteiger charge is -2.24. The Morgan fingerprint density at radius 3 is 2.93 bits per heavy atom. The number of esters is 1. The van der Waals surface area contributed by atoms with Crippen LogP contribution >= 0.6 is 11.3 Å². The van der Waals surface area contributed by atoms with E-state index in [4.69, 9.17) is 10.5 Å². The number of hydrogen-bond donors (Lipinski definition) is 1. The molecule has 0 aromatic carbocycles. The summed E-state index contributed by atoms with van der Waals surface area (Å²) in [6.07, 6.45) is 0.534. The van der Waals surface area contributed by atoms with E-state index in [-0.39, 0.29) is 12.5 Å². The van der Waals surface area contributed by atoms with E-state index in [1.54, 1.807) is 12.4 Å². The third-order valence-electron chi connectivity index (χ3n) is 2.27. The first-order chi connectivity index (χ1) is 7.12. The summed E-state index contributed by atoms with van der Waals surface area (Å²) in [6.45, 7) is 4.25. The highest BCUT2D eigenvalue weighted by molar-refractivity contribution is 7.07. The summed E-state index contributed by atoms with van der Waals surface area (Å²) in [5, 5.41) is 1.92. The standard InChI is InChI=1S/C10H16N2O2S/c1-3-14-9(13)10(2,6-11)4-8-5-15-7-12-8/h5,7H,3-4,6,11H2,1-2H3. The summed E-state index contributed by atoms with van der Waals surface area (Å²) in [4.78, 5) is 15.8. The van der Waals surface area contributed by atoms with Crippen LogP contribution in [0.4, 0.5) is 0 Å². The molecule has 1 aromatic heterocycles. The fourth-order valence-electron chi connectivity index (χ4n) is 1.26. The smallest absolute Gasteiger partial charge is 0.313 e. The molecule has 4 nitrogen and oxygen atoms in total. The van der Waals surface area contributed by atoms with Gasteiger partial charge >= 0.3 is 5.97 Å². The van der Waals surface area contributed by atoms with Gasteiger partial charge in [0.2, 0.25) is 0 Å². The Balaban J connectivity index is 2.72. The molecule has 15 heavy (non-hydrogen) atoms. The zero-order valence-electron chi connectivity index (χ0n) is 9.03. The van der Waals surface area contributed by atoms with Crippen molar-refractivity contribution in [3.63, 3.8) is 0 Å². The number of rotatable bonds is 5. The molecule has 1 unspecified atom stereocenters. The first-order valence-corrected chi connectivity index (χ1v) is 5.81. The molecule has 84 valence electrons. The van der Waals surface area contributed by atoms with Gasteiger partial charge in [-0.05, 0) is 13.8 Å². The average Bonchev–Trinajstić information content (AvgIpc) is 2.70. The summed E-state index contributed by atoms with van der Waals surface area (Å²) in [7, 11) is 0. The van der Waals surface area contributed by atoms with Crippen LogP contribution in [-0.4, -0.2) is 24.1 Å². The van der Waals surface area contributed by atoms with Crippen molar-refractivity contribution in [2.75, 3.05) is 13.2 Å². The molecule has 0 spiro atoms. The van der Waals surface area contributed by atoms with Gasteiger partial charge in [0, 0.05) is 18.3 Å². The van der Waals surface area contributed by atoms with Gasteiger partial charge < -0.3 is 10.5 Å². The highest BCUT2D eigenvalue weighted by atomic mass is 32.1. The van der Waals surface area contributed by atoms with E-state index in [0.717, 1.165) is 5.69 Å². The summed E-state index contributed by atoms with van der Waals surface area (Å²) < 4.78 is 5.00. The first kappa shape index (κ1) is 12.1. The normalized spacial score (nSPS) is 14.6. The molecule has 0 aliphatic heterocycles. The maximum Gasteiger partial charge on any atom is 0.313 e. The molecule has 0 amide bonds. The van der Waals surface area contributed by atoms with Crippen molar-refractivity contribution in [3.05, 3.63) is 16.6 Å². The Hall–Kier alpha value is -0.940. The highest BCUT2D eigenvalue weighted by Crippen LogP contribution is 2.23. The van der Waals surface area contributed by atoms with Crippen LogP contribution in [0.5, 0.6) is 0 Å². The van der Waals surface area contributed by atoms with Crippen molar-refractivity contribution in [1.82, 2.24) is 4.98 Å². The van der Waals surface area contributed by atoms with Crippen molar-refractivity contribution in [3.8, 4) is 0 Å². The monoisotopic (exact) mass is 228 g/mol. The molecule has 1 aromatic rings. The molecule has 0 aliphatic carbocycles. The second-order valence-electron chi connectivity index (χ2n) is 3.64. The van der Waals surface area contributed by atoms with Crippen molar-refractivity contribution >= 4 is 17.3 Å². The molecule has 0 saturated heterocycles. The molecule has 0 saturated carbocycles. The van der Waals surface area contributed by atoms with Crippen LogP contribution in [0.2, 0.25) is 0 Å². The van der Waals surface area contributed by atoms with Gasteiger partial charge in [0.05, 0.1) is 23.2 Å². The molecule has 0 aliphatic rings. The number of ether oxygens (including phenoxy) is 1. The second-order valence-corrected chi connectivity index (χ2v) is 4.36. The minimum Gasteiger partial charge on any atom is -0.466 e. The van der Waals surface area contributed by atoms with Gasteiger partial charge in [-0.1, -0.05) is 0 Å². The molecular formula is C10H16N2O2S. The molecule has 0 fully saturated rings. The van der Waals surface area contributed by atoms with Crippen molar-refractivity contribution in [1.29, 1.82) is 0 Å². The SMILES string of the molecule is CCOC(=O)C(C)(CN)Cc1cscn1. The van der Waals surface area contributed by atoms with Gasteiger partial charge in [0.1, 0.15) is 0 Å².